The first-order valence-corrected chi connectivity index (χ1v) is 6.85. The van der Waals surface area contributed by atoms with Crippen LogP contribution in [0, 0.1) is 15.9 Å². The molecule has 0 atom stereocenters. The second-order valence-electron chi connectivity index (χ2n) is 5.27. The molecule has 0 radical (unpaired) electrons. The Morgan fingerprint density at radius 2 is 1.95 bits per heavy atom. The maximum Gasteiger partial charge on any atom is 0.304 e. The average Bonchev–Trinajstić information content (AvgIpc) is 2.47. The van der Waals surface area contributed by atoms with Crippen molar-refractivity contribution in [1.29, 1.82) is 0 Å². The minimum absolute atomic E-state index is 0.470. The van der Waals surface area contributed by atoms with Crippen LogP contribution < -0.4 is 0 Å². The largest absolute Gasteiger partial charge is 0.304 e. The smallest absolute Gasteiger partial charge is 0.294 e. The SMILES string of the molecule is O=[N+]([O-])c1ccc(CN2CCc3ccccc3C2)cc1F. The van der Waals surface area contributed by atoms with Crippen molar-refractivity contribution in [3.8, 4) is 0 Å². The van der Waals surface area contributed by atoms with E-state index in [1.165, 1.54) is 23.3 Å². The van der Waals surface area contributed by atoms with E-state index in [-0.39, 0.29) is 0 Å². The van der Waals surface area contributed by atoms with Crippen LogP contribution in [0.15, 0.2) is 42.5 Å². The van der Waals surface area contributed by atoms with Crippen molar-refractivity contribution >= 4 is 5.69 Å². The van der Waals surface area contributed by atoms with Crippen LogP contribution in [0.1, 0.15) is 16.7 Å². The molecule has 0 amide bonds. The van der Waals surface area contributed by atoms with Gasteiger partial charge in [-0.15, -0.1) is 0 Å². The van der Waals surface area contributed by atoms with Gasteiger partial charge in [-0.05, 0) is 29.2 Å². The minimum Gasteiger partial charge on any atom is -0.294 e. The molecule has 1 heterocycles. The maximum absolute atomic E-state index is 13.6. The van der Waals surface area contributed by atoms with Gasteiger partial charge < -0.3 is 0 Å². The molecular weight excluding hydrogens is 271 g/mol. The van der Waals surface area contributed by atoms with Crippen LogP contribution in [0.4, 0.5) is 10.1 Å². The zero-order valence-corrected chi connectivity index (χ0v) is 11.5. The second kappa shape index (κ2) is 5.61. The molecule has 0 aliphatic carbocycles. The third-order valence-electron chi connectivity index (χ3n) is 3.82. The summed E-state index contributed by atoms with van der Waals surface area (Å²) in [5.74, 6) is -0.769. The topological polar surface area (TPSA) is 46.4 Å². The van der Waals surface area contributed by atoms with Gasteiger partial charge in [-0.25, -0.2) is 0 Å². The van der Waals surface area contributed by atoms with Gasteiger partial charge in [-0.3, -0.25) is 15.0 Å². The van der Waals surface area contributed by atoms with Crippen molar-refractivity contribution in [2.45, 2.75) is 19.5 Å². The van der Waals surface area contributed by atoms with Crippen molar-refractivity contribution in [1.82, 2.24) is 4.90 Å². The molecule has 3 rings (SSSR count). The molecule has 1 aliphatic heterocycles. The summed E-state index contributed by atoms with van der Waals surface area (Å²) in [6, 6.07) is 12.4. The van der Waals surface area contributed by atoms with Gasteiger partial charge in [0.1, 0.15) is 0 Å². The average molecular weight is 286 g/mol. The van der Waals surface area contributed by atoms with E-state index in [2.05, 4.69) is 17.0 Å². The second-order valence-corrected chi connectivity index (χ2v) is 5.27. The van der Waals surface area contributed by atoms with E-state index in [1.807, 2.05) is 12.1 Å². The number of hydrogen-bond acceptors (Lipinski definition) is 3. The highest BCUT2D eigenvalue weighted by Crippen LogP contribution is 2.22. The Kier molecular flexibility index (Phi) is 3.66. The number of halogens is 1. The molecule has 108 valence electrons. The molecule has 5 heteroatoms. The van der Waals surface area contributed by atoms with Crippen molar-refractivity contribution in [2.75, 3.05) is 6.54 Å². The molecule has 0 spiro atoms. The number of fused-ring (bicyclic) bond motifs is 1. The zero-order chi connectivity index (χ0) is 14.8. The third kappa shape index (κ3) is 2.92. The summed E-state index contributed by atoms with van der Waals surface area (Å²) >= 11 is 0. The monoisotopic (exact) mass is 286 g/mol. The molecule has 0 aromatic heterocycles. The van der Waals surface area contributed by atoms with E-state index in [4.69, 9.17) is 0 Å². The van der Waals surface area contributed by atoms with E-state index in [1.54, 1.807) is 6.07 Å². The fourth-order valence-corrected chi connectivity index (χ4v) is 2.74. The van der Waals surface area contributed by atoms with E-state index in [9.17, 15) is 14.5 Å². The molecule has 2 aromatic rings. The summed E-state index contributed by atoms with van der Waals surface area (Å²) in [6.45, 7) is 2.34. The Morgan fingerprint density at radius 1 is 1.19 bits per heavy atom. The molecule has 0 unspecified atom stereocenters. The number of nitro benzene ring substituents is 1. The number of nitrogens with zero attached hydrogens (tertiary/aromatic N) is 2. The fourth-order valence-electron chi connectivity index (χ4n) is 2.74. The molecule has 0 fully saturated rings. The van der Waals surface area contributed by atoms with Crippen LogP contribution in [0.25, 0.3) is 0 Å². The lowest BCUT2D eigenvalue weighted by atomic mass is 9.99. The minimum atomic E-state index is -0.769. The molecule has 4 nitrogen and oxygen atoms in total. The first-order valence-electron chi connectivity index (χ1n) is 6.85. The lowest BCUT2D eigenvalue weighted by Gasteiger charge is -2.28. The Labute approximate surface area is 122 Å². The van der Waals surface area contributed by atoms with E-state index in [0.717, 1.165) is 25.1 Å². The van der Waals surface area contributed by atoms with Gasteiger partial charge in [0.2, 0.25) is 5.82 Å². The first-order chi connectivity index (χ1) is 10.1. The number of nitro groups is 1. The Balaban J connectivity index is 1.73. The number of rotatable bonds is 3. The standard InChI is InChI=1S/C16H15FN2O2/c17-15-9-12(5-6-16(15)19(20)21)10-18-8-7-13-3-1-2-4-14(13)11-18/h1-6,9H,7-8,10-11H2. The Hall–Kier alpha value is -2.27. The Morgan fingerprint density at radius 3 is 2.67 bits per heavy atom. The molecule has 0 bridgehead atoms. The highest BCUT2D eigenvalue weighted by atomic mass is 19.1. The van der Waals surface area contributed by atoms with Crippen molar-refractivity contribution < 1.29 is 9.31 Å². The highest BCUT2D eigenvalue weighted by molar-refractivity contribution is 5.35. The van der Waals surface area contributed by atoms with Gasteiger partial charge in [-0.2, -0.15) is 4.39 Å². The normalized spacial score (nSPS) is 14.7. The summed E-state index contributed by atoms with van der Waals surface area (Å²) in [7, 11) is 0. The van der Waals surface area contributed by atoms with Gasteiger partial charge in [0.25, 0.3) is 0 Å². The van der Waals surface area contributed by atoms with Crippen molar-refractivity contribution in [3.63, 3.8) is 0 Å². The lowest BCUT2D eigenvalue weighted by molar-refractivity contribution is -0.387. The molecule has 0 N–H and O–H groups in total. The summed E-state index contributed by atoms with van der Waals surface area (Å²) in [5.41, 5.74) is 2.95. The molecular formula is C16H15FN2O2. The molecule has 0 saturated carbocycles. The summed E-state index contributed by atoms with van der Waals surface area (Å²) < 4.78 is 13.6. The molecule has 2 aromatic carbocycles. The molecule has 21 heavy (non-hydrogen) atoms. The van der Waals surface area contributed by atoms with E-state index in [0.29, 0.717) is 6.54 Å². The van der Waals surface area contributed by atoms with E-state index >= 15 is 0 Å². The van der Waals surface area contributed by atoms with Crippen LogP contribution >= 0.6 is 0 Å². The summed E-state index contributed by atoms with van der Waals surface area (Å²) in [4.78, 5) is 12.1. The quantitative estimate of drug-likeness (QED) is 0.642. The summed E-state index contributed by atoms with van der Waals surface area (Å²) in [6.07, 6.45) is 0.978. The van der Waals surface area contributed by atoms with Crippen LogP contribution in [0.5, 0.6) is 0 Å². The first kappa shape index (κ1) is 13.7. The third-order valence-corrected chi connectivity index (χ3v) is 3.82. The molecule has 0 saturated heterocycles. The highest BCUT2D eigenvalue weighted by Gasteiger charge is 2.18. The zero-order valence-electron chi connectivity index (χ0n) is 11.5. The fraction of sp³-hybridized carbons (Fsp3) is 0.250. The maximum atomic E-state index is 13.6. The van der Waals surface area contributed by atoms with Crippen LogP contribution in [0.2, 0.25) is 0 Å². The predicted octanol–water partition coefficient (Wildman–Crippen LogP) is 3.29. The lowest BCUT2D eigenvalue weighted by Crippen LogP contribution is -2.30. The van der Waals surface area contributed by atoms with Crippen LogP contribution in [-0.2, 0) is 19.5 Å². The summed E-state index contributed by atoms with van der Waals surface area (Å²) in [5, 5.41) is 10.6. The van der Waals surface area contributed by atoms with Gasteiger partial charge in [0.15, 0.2) is 0 Å². The van der Waals surface area contributed by atoms with Crippen molar-refractivity contribution in [2.24, 2.45) is 0 Å². The van der Waals surface area contributed by atoms with Crippen LogP contribution in [-0.4, -0.2) is 16.4 Å². The van der Waals surface area contributed by atoms with Gasteiger partial charge in [0, 0.05) is 25.7 Å². The van der Waals surface area contributed by atoms with Gasteiger partial charge in [-0.1, -0.05) is 30.3 Å². The van der Waals surface area contributed by atoms with Crippen molar-refractivity contribution in [3.05, 3.63) is 75.1 Å². The van der Waals surface area contributed by atoms with Gasteiger partial charge in [0.05, 0.1) is 4.92 Å². The van der Waals surface area contributed by atoms with Gasteiger partial charge >= 0.3 is 5.69 Å². The van der Waals surface area contributed by atoms with E-state index < -0.39 is 16.4 Å². The number of benzene rings is 2. The Bertz CT molecular complexity index is 688. The van der Waals surface area contributed by atoms with Crippen LogP contribution in [0.3, 0.4) is 0 Å². The predicted molar refractivity (Wildman–Crippen MR) is 77.3 cm³/mol. The number of hydrogen-bond donors (Lipinski definition) is 0. The molecule has 1 aliphatic rings.